The maximum Gasteiger partial charge on any atom is 0.325 e. The first kappa shape index (κ1) is 18.6. The fraction of sp³-hybridized carbons (Fsp3) is 0.0952. The third kappa shape index (κ3) is 4.92. The van der Waals surface area contributed by atoms with E-state index in [2.05, 4.69) is 5.32 Å². The molecular formula is C21H16ClNO4. The van der Waals surface area contributed by atoms with Crippen LogP contribution >= 0.6 is 11.6 Å². The Balaban J connectivity index is 1.49. The van der Waals surface area contributed by atoms with Crippen LogP contribution in [0.3, 0.4) is 0 Å². The van der Waals surface area contributed by atoms with Gasteiger partial charge in [0, 0.05) is 16.1 Å². The maximum atomic E-state index is 12.2. The van der Waals surface area contributed by atoms with Gasteiger partial charge in [0.2, 0.25) is 0 Å². The zero-order valence-corrected chi connectivity index (χ0v) is 15.0. The topological polar surface area (TPSA) is 72.5 Å². The number of nitrogens with one attached hydrogen (secondary N) is 1. The number of hydrogen-bond donors (Lipinski definition) is 1. The maximum absolute atomic E-state index is 12.2. The van der Waals surface area contributed by atoms with Gasteiger partial charge in [0.25, 0.3) is 5.91 Å². The van der Waals surface area contributed by atoms with E-state index < -0.39 is 11.9 Å². The Labute approximate surface area is 160 Å². The molecule has 3 aromatic carbocycles. The molecule has 27 heavy (non-hydrogen) atoms. The number of hydrogen-bond acceptors (Lipinski definition) is 4. The largest absolute Gasteiger partial charge is 0.456 e. The number of carbonyl (C=O) groups excluding carboxylic acids is 3. The van der Waals surface area contributed by atoms with Crippen LogP contribution in [0.4, 0.5) is 0 Å². The third-order valence-corrected chi connectivity index (χ3v) is 4.19. The number of Topliss-reactive ketones (excluding diaryl/α,β-unsaturated/α-hetero) is 1. The van der Waals surface area contributed by atoms with Crippen LogP contribution in [0.2, 0.25) is 5.02 Å². The molecule has 0 unspecified atom stereocenters. The third-order valence-electron chi connectivity index (χ3n) is 3.94. The van der Waals surface area contributed by atoms with Gasteiger partial charge >= 0.3 is 5.97 Å². The van der Waals surface area contributed by atoms with Crippen molar-refractivity contribution in [3.8, 4) is 0 Å². The number of fused-ring (bicyclic) bond motifs is 1. The van der Waals surface area contributed by atoms with Gasteiger partial charge in [-0.05, 0) is 41.1 Å². The Hall–Kier alpha value is -3.18. The standard InChI is InChI=1S/C21H16ClNO4/c22-18-9-7-15(8-10-18)21(26)23-12-20(25)27-13-19(24)17-6-5-14-3-1-2-4-16(14)11-17/h1-11H,12-13H2,(H,23,26). The van der Waals surface area contributed by atoms with Gasteiger partial charge in [0.1, 0.15) is 6.54 Å². The highest BCUT2D eigenvalue weighted by molar-refractivity contribution is 6.30. The number of ketones is 1. The number of esters is 1. The molecule has 6 heteroatoms. The fourth-order valence-electron chi connectivity index (χ4n) is 2.50. The molecule has 3 aromatic rings. The monoisotopic (exact) mass is 381 g/mol. The first-order chi connectivity index (χ1) is 13.0. The highest BCUT2D eigenvalue weighted by atomic mass is 35.5. The molecule has 1 N–H and O–H groups in total. The molecule has 0 heterocycles. The Bertz CT molecular complexity index is 998. The van der Waals surface area contributed by atoms with E-state index in [1.807, 2.05) is 30.3 Å². The smallest absolute Gasteiger partial charge is 0.325 e. The predicted octanol–water partition coefficient (Wildman–Crippen LogP) is 3.65. The van der Waals surface area contributed by atoms with Crippen molar-refractivity contribution in [2.24, 2.45) is 0 Å². The van der Waals surface area contributed by atoms with Crippen molar-refractivity contribution in [1.82, 2.24) is 5.32 Å². The Morgan fingerprint density at radius 3 is 2.26 bits per heavy atom. The molecule has 0 aromatic heterocycles. The van der Waals surface area contributed by atoms with Crippen LogP contribution in [-0.4, -0.2) is 30.8 Å². The van der Waals surface area contributed by atoms with E-state index in [4.69, 9.17) is 16.3 Å². The van der Waals surface area contributed by atoms with Gasteiger partial charge in [-0.2, -0.15) is 0 Å². The molecule has 0 fully saturated rings. The minimum Gasteiger partial charge on any atom is -0.456 e. The van der Waals surface area contributed by atoms with Crippen LogP contribution < -0.4 is 5.32 Å². The molecule has 0 spiro atoms. The summed E-state index contributed by atoms with van der Waals surface area (Å²) in [4.78, 5) is 35.9. The summed E-state index contributed by atoms with van der Waals surface area (Å²) >= 11 is 5.76. The van der Waals surface area contributed by atoms with Crippen LogP contribution in [0.1, 0.15) is 20.7 Å². The minimum absolute atomic E-state index is 0.307. The lowest BCUT2D eigenvalue weighted by atomic mass is 10.0. The molecule has 3 rings (SSSR count). The van der Waals surface area contributed by atoms with E-state index in [1.165, 1.54) is 0 Å². The van der Waals surface area contributed by atoms with Gasteiger partial charge in [-0.1, -0.05) is 48.0 Å². The Morgan fingerprint density at radius 2 is 1.52 bits per heavy atom. The van der Waals surface area contributed by atoms with Crippen LogP contribution in [0, 0.1) is 0 Å². The molecule has 1 amide bonds. The average Bonchev–Trinajstić information content (AvgIpc) is 2.70. The Morgan fingerprint density at radius 1 is 0.852 bits per heavy atom. The Kier molecular flexibility index (Phi) is 5.84. The minimum atomic E-state index is -0.688. The fourth-order valence-corrected chi connectivity index (χ4v) is 2.62. The second kappa shape index (κ2) is 8.47. The van der Waals surface area contributed by atoms with Gasteiger partial charge in [-0.15, -0.1) is 0 Å². The van der Waals surface area contributed by atoms with Crippen LogP contribution in [0.5, 0.6) is 0 Å². The lowest BCUT2D eigenvalue weighted by Gasteiger charge is -2.07. The van der Waals surface area contributed by atoms with Gasteiger partial charge in [0.15, 0.2) is 12.4 Å². The summed E-state index contributed by atoms with van der Waals surface area (Å²) in [6.07, 6.45) is 0. The van der Waals surface area contributed by atoms with Crippen molar-refractivity contribution in [3.63, 3.8) is 0 Å². The van der Waals surface area contributed by atoms with Gasteiger partial charge in [-0.25, -0.2) is 0 Å². The molecular weight excluding hydrogens is 366 g/mol. The number of amides is 1. The number of rotatable bonds is 6. The van der Waals surface area contributed by atoms with Crippen molar-refractivity contribution in [2.45, 2.75) is 0 Å². The van der Waals surface area contributed by atoms with E-state index in [0.29, 0.717) is 16.1 Å². The lowest BCUT2D eigenvalue weighted by Crippen LogP contribution is -2.31. The summed E-state index contributed by atoms with van der Waals surface area (Å²) in [6, 6.07) is 19.2. The molecule has 0 bridgehead atoms. The van der Waals surface area contributed by atoms with Gasteiger partial charge < -0.3 is 10.1 Å². The molecule has 0 saturated carbocycles. The summed E-state index contributed by atoms with van der Waals surface area (Å²) in [5, 5.41) is 4.91. The number of halogens is 1. The molecule has 0 saturated heterocycles. The normalized spacial score (nSPS) is 10.4. The predicted molar refractivity (Wildman–Crippen MR) is 103 cm³/mol. The summed E-state index contributed by atoms with van der Waals surface area (Å²) in [6.45, 7) is -0.708. The van der Waals surface area contributed by atoms with Crippen molar-refractivity contribution >= 4 is 40.0 Å². The van der Waals surface area contributed by atoms with Gasteiger partial charge in [-0.3, -0.25) is 14.4 Å². The van der Waals surface area contributed by atoms with E-state index in [-0.39, 0.29) is 18.9 Å². The van der Waals surface area contributed by atoms with Crippen molar-refractivity contribution in [2.75, 3.05) is 13.2 Å². The van der Waals surface area contributed by atoms with E-state index >= 15 is 0 Å². The second-order valence-electron chi connectivity index (χ2n) is 5.84. The zero-order valence-electron chi connectivity index (χ0n) is 14.3. The summed E-state index contributed by atoms with van der Waals surface area (Å²) < 4.78 is 4.95. The van der Waals surface area contributed by atoms with Gasteiger partial charge in [0.05, 0.1) is 0 Å². The molecule has 5 nitrogen and oxygen atoms in total. The molecule has 0 aliphatic carbocycles. The second-order valence-corrected chi connectivity index (χ2v) is 6.27. The van der Waals surface area contributed by atoms with Crippen molar-refractivity contribution in [3.05, 3.63) is 82.9 Å². The SMILES string of the molecule is O=C(CNC(=O)c1ccc(Cl)cc1)OCC(=O)c1ccc2ccccc2c1. The van der Waals surface area contributed by atoms with Crippen LogP contribution in [-0.2, 0) is 9.53 Å². The summed E-state index contributed by atoms with van der Waals surface area (Å²) in [7, 11) is 0. The van der Waals surface area contributed by atoms with Crippen LogP contribution in [0.15, 0.2) is 66.7 Å². The number of carbonyl (C=O) groups is 3. The zero-order chi connectivity index (χ0) is 19.2. The molecule has 0 radical (unpaired) electrons. The first-order valence-electron chi connectivity index (χ1n) is 8.24. The lowest BCUT2D eigenvalue weighted by molar-refractivity contribution is -0.141. The summed E-state index contributed by atoms with van der Waals surface area (Å²) in [5.41, 5.74) is 0.839. The molecule has 136 valence electrons. The van der Waals surface area contributed by atoms with E-state index in [1.54, 1.807) is 36.4 Å². The van der Waals surface area contributed by atoms with E-state index in [0.717, 1.165) is 10.8 Å². The van der Waals surface area contributed by atoms with E-state index in [9.17, 15) is 14.4 Å². The molecule has 0 aliphatic rings. The first-order valence-corrected chi connectivity index (χ1v) is 8.62. The average molecular weight is 382 g/mol. The van der Waals surface area contributed by atoms with Crippen molar-refractivity contribution in [1.29, 1.82) is 0 Å². The highest BCUT2D eigenvalue weighted by Gasteiger charge is 2.12. The number of benzene rings is 3. The summed E-state index contributed by atoms with van der Waals surface area (Å²) in [5.74, 6) is -1.42. The van der Waals surface area contributed by atoms with Crippen molar-refractivity contribution < 1.29 is 19.1 Å². The highest BCUT2D eigenvalue weighted by Crippen LogP contribution is 2.16. The number of ether oxygens (including phenoxy) is 1. The molecule has 0 aliphatic heterocycles. The van der Waals surface area contributed by atoms with Crippen LogP contribution in [0.25, 0.3) is 10.8 Å². The quantitative estimate of drug-likeness (QED) is 0.522. The molecule has 0 atom stereocenters.